The topological polar surface area (TPSA) is 47.7 Å². The number of benzene rings is 2. The highest BCUT2D eigenvalue weighted by atomic mass is 16.5. The Morgan fingerprint density at radius 1 is 1.07 bits per heavy atom. The zero-order valence-electron chi connectivity index (χ0n) is 16.6. The van der Waals surface area contributed by atoms with Crippen LogP contribution in [0.1, 0.15) is 35.7 Å². The highest BCUT2D eigenvalue weighted by molar-refractivity contribution is 5.53. The lowest BCUT2D eigenvalue weighted by Crippen LogP contribution is -2.23. The average Bonchev–Trinajstić information content (AvgIpc) is 3.38. The first-order valence-corrected chi connectivity index (χ1v) is 9.65. The van der Waals surface area contributed by atoms with Gasteiger partial charge in [0.1, 0.15) is 6.26 Å². The lowest BCUT2D eigenvalue weighted by molar-refractivity contribution is 0.244. The molecule has 1 saturated heterocycles. The molecule has 2 heterocycles. The third-order valence-electron chi connectivity index (χ3n) is 5.37. The van der Waals surface area contributed by atoms with Crippen LogP contribution in [0.3, 0.4) is 0 Å². The standard InChI is InChI=1S/C23H26N2O3/c1-16-6-8-17(9-7-16)23-24-19(15-28-23)14-25-12-4-5-20(25)18-10-11-21(26-2)22(13-18)27-3/h6-11,13,15,20H,4-5,12,14H2,1-3H3/t20-/m1/s1. The first-order valence-electron chi connectivity index (χ1n) is 9.65. The molecule has 4 rings (SSSR count). The van der Waals surface area contributed by atoms with Crippen molar-refractivity contribution in [3.63, 3.8) is 0 Å². The van der Waals surface area contributed by atoms with Gasteiger partial charge in [-0.2, -0.15) is 0 Å². The number of methoxy groups -OCH3 is 2. The maximum atomic E-state index is 5.73. The zero-order chi connectivity index (χ0) is 19.5. The van der Waals surface area contributed by atoms with Crippen LogP contribution in [0.15, 0.2) is 53.1 Å². The van der Waals surface area contributed by atoms with Gasteiger partial charge in [-0.25, -0.2) is 4.98 Å². The molecule has 1 fully saturated rings. The zero-order valence-corrected chi connectivity index (χ0v) is 16.6. The molecular formula is C23H26N2O3. The molecule has 1 atom stereocenters. The van der Waals surface area contributed by atoms with Crippen LogP contribution in [0.5, 0.6) is 11.5 Å². The van der Waals surface area contributed by atoms with Gasteiger partial charge in [0.15, 0.2) is 11.5 Å². The Balaban J connectivity index is 1.51. The molecule has 0 saturated carbocycles. The summed E-state index contributed by atoms with van der Waals surface area (Å²) in [5.41, 5.74) is 4.44. The number of aromatic nitrogens is 1. The fraction of sp³-hybridized carbons (Fsp3) is 0.348. The maximum absolute atomic E-state index is 5.73. The molecule has 0 amide bonds. The summed E-state index contributed by atoms with van der Waals surface area (Å²) in [5.74, 6) is 2.21. The van der Waals surface area contributed by atoms with E-state index in [1.165, 1.54) is 17.5 Å². The van der Waals surface area contributed by atoms with Crippen molar-refractivity contribution in [3.05, 3.63) is 65.5 Å². The smallest absolute Gasteiger partial charge is 0.226 e. The van der Waals surface area contributed by atoms with Crippen molar-refractivity contribution in [1.82, 2.24) is 9.88 Å². The summed E-state index contributed by atoms with van der Waals surface area (Å²) in [6.45, 7) is 3.90. The summed E-state index contributed by atoms with van der Waals surface area (Å²) >= 11 is 0. The van der Waals surface area contributed by atoms with E-state index in [4.69, 9.17) is 18.9 Å². The van der Waals surface area contributed by atoms with E-state index in [1.807, 2.05) is 18.2 Å². The number of nitrogens with zero attached hydrogens (tertiary/aromatic N) is 2. The summed E-state index contributed by atoms with van der Waals surface area (Å²) in [4.78, 5) is 7.17. The molecule has 5 heteroatoms. The van der Waals surface area contributed by atoms with Gasteiger partial charge in [-0.15, -0.1) is 0 Å². The third kappa shape index (κ3) is 3.76. The summed E-state index contributed by atoms with van der Waals surface area (Å²) in [6, 6.07) is 14.8. The molecule has 5 nitrogen and oxygen atoms in total. The molecule has 1 aliphatic heterocycles. The molecule has 3 aromatic rings. The van der Waals surface area contributed by atoms with E-state index in [2.05, 4.69) is 36.1 Å². The number of ether oxygens (including phenoxy) is 2. The van der Waals surface area contributed by atoms with E-state index in [9.17, 15) is 0 Å². The molecule has 0 radical (unpaired) electrons. The van der Waals surface area contributed by atoms with Gasteiger partial charge in [-0.1, -0.05) is 23.8 Å². The van der Waals surface area contributed by atoms with Crippen molar-refractivity contribution in [1.29, 1.82) is 0 Å². The van der Waals surface area contributed by atoms with Crippen LogP contribution in [-0.2, 0) is 6.54 Å². The van der Waals surface area contributed by atoms with Crippen LogP contribution >= 0.6 is 0 Å². The van der Waals surface area contributed by atoms with Crippen molar-refractivity contribution in [2.45, 2.75) is 32.4 Å². The van der Waals surface area contributed by atoms with Gasteiger partial charge in [0, 0.05) is 18.2 Å². The van der Waals surface area contributed by atoms with Crippen LogP contribution in [0.2, 0.25) is 0 Å². The van der Waals surface area contributed by atoms with Gasteiger partial charge in [-0.05, 0) is 56.1 Å². The van der Waals surface area contributed by atoms with Gasteiger partial charge in [0.25, 0.3) is 0 Å². The van der Waals surface area contributed by atoms with Crippen molar-refractivity contribution in [2.75, 3.05) is 20.8 Å². The van der Waals surface area contributed by atoms with E-state index >= 15 is 0 Å². The number of aryl methyl sites for hydroxylation is 1. The van der Waals surface area contributed by atoms with Gasteiger partial charge in [-0.3, -0.25) is 4.90 Å². The molecule has 146 valence electrons. The molecule has 28 heavy (non-hydrogen) atoms. The molecule has 0 bridgehead atoms. The summed E-state index contributed by atoms with van der Waals surface area (Å²) in [6.07, 6.45) is 4.07. The normalized spacial score (nSPS) is 17.0. The second-order valence-electron chi connectivity index (χ2n) is 7.25. The molecule has 1 aromatic heterocycles. The largest absolute Gasteiger partial charge is 0.493 e. The molecule has 0 N–H and O–H groups in total. The van der Waals surface area contributed by atoms with Crippen molar-refractivity contribution >= 4 is 0 Å². The Hall–Kier alpha value is -2.79. The van der Waals surface area contributed by atoms with E-state index in [0.717, 1.165) is 42.3 Å². The van der Waals surface area contributed by atoms with Crippen molar-refractivity contribution in [2.24, 2.45) is 0 Å². The van der Waals surface area contributed by atoms with Crippen LogP contribution in [0.25, 0.3) is 11.5 Å². The Morgan fingerprint density at radius 2 is 1.86 bits per heavy atom. The highest BCUT2D eigenvalue weighted by Gasteiger charge is 2.27. The number of oxazole rings is 1. The predicted molar refractivity (Wildman–Crippen MR) is 109 cm³/mol. The van der Waals surface area contributed by atoms with Crippen LogP contribution in [0.4, 0.5) is 0 Å². The molecule has 0 aliphatic carbocycles. The second kappa shape index (κ2) is 8.07. The fourth-order valence-electron chi connectivity index (χ4n) is 3.87. The summed E-state index contributed by atoms with van der Waals surface area (Å²) in [5, 5.41) is 0. The SMILES string of the molecule is COc1ccc([C@H]2CCCN2Cc2coc(-c3ccc(C)cc3)n2)cc1OC. The minimum atomic E-state index is 0.347. The number of rotatable bonds is 6. The average molecular weight is 378 g/mol. The van der Waals surface area contributed by atoms with Crippen molar-refractivity contribution < 1.29 is 13.9 Å². The van der Waals surface area contributed by atoms with Crippen LogP contribution < -0.4 is 9.47 Å². The molecular weight excluding hydrogens is 352 g/mol. The van der Waals surface area contributed by atoms with E-state index in [0.29, 0.717) is 11.9 Å². The molecule has 2 aromatic carbocycles. The van der Waals surface area contributed by atoms with E-state index < -0.39 is 0 Å². The molecule has 0 unspecified atom stereocenters. The first-order chi connectivity index (χ1) is 13.7. The second-order valence-corrected chi connectivity index (χ2v) is 7.25. The number of hydrogen-bond acceptors (Lipinski definition) is 5. The summed E-state index contributed by atoms with van der Waals surface area (Å²) in [7, 11) is 3.34. The van der Waals surface area contributed by atoms with Crippen LogP contribution in [0, 0.1) is 6.92 Å². The Labute approximate surface area is 165 Å². The number of hydrogen-bond donors (Lipinski definition) is 0. The van der Waals surface area contributed by atoms with Crippen LogP contribution in [-0.4, -0.2) is 30.6 Å². The maximum Gasteiger partial charge on any atom is 0.226 e. The molecule has 0 spiro atoms. The highest BCUT2D eigenvalue weighted by Crippen LogP contribution is 2.37. The minimum Gasteiger partial charge on any atom is -0.493 e. The quantitative estimate of drug-likeness (QED) is 0.604. The fourth-order valence-corrected chi connectivity index (χ4v) is 3.87. The lowest BCUT2D eigenvalue weighted by atomic mass is 10.0. The minimum absolute atomic E-state index is 0.347. The Morgan fingerprint density at radius 3 is 2.61 bits per heavy atom. The molecule has 1 aliphatic rings. The Kier molecular flexibility index (Phi) is 5.35. The van der Waals surface area contributed by atoms with Crippen molar-refractivity contribution in [3.8, 4) is 23.0 Å². The van der Waals surface area contributed by atoms with E-state index in [-0.39, 0.29) is 0 Å². The van der Waals surface area contributed by atoms with Gasteiger partial charge in [0.2, 0.25) is 5.89 Å². The lowest BCUT2D eigenvalue weighted by Gasteiger charge is -2.24. The number of likely N-dealkylation sites (tertiary alicyclic amines) is 1. The Bertz CT molecular complexity index is 933. The van der Waals surface area contributed by atoms with Gasteiger partial charge in [0.05, 0.1) is 19.9 Å². The van der Waals surface area contributed by atoms with Gasteiger partial charge < -0.3 is 13.9 Å². The third-order valence-corrected chi connectivity index (χ3v) is 5.37. The first kappa shape index (κ1) is 18.6. The summed E-state index contributed by atoms with van der Waals surface area (Å²) < 4.78 is 16.6. The predicted octanol–water partition coefficient (Wildman–Crippen LogP) is 5.00. The van der Waals surface area contributed by atoms with Gasteiger partial charge >= 0.3 is 0 Å². The van der Waals surface area contributed by atoms with E-state index in [1.54, 1.807) is 20.5 Å². The monoisotopic (exact) mass is 378 g/mol.